The van der Waals surface area contributed by atoms with Gasteiger partial charge in [-0.05, 0) is 97.6 Å². The number of thioether (sulfide) groups is 1. The Hall–Kier alpha value is -3.22. The molecule has 1 amide bonds. The van der Waals surface area contributed by atoms with Gasteiger partial charge < -0.3 is 9.84 Å². The summed E-state index contributed by atoms with van der Waals surface area (Å²) in [5, 5.41) is 10.8. The lowest BCUT2D eigenvalue weighted by atomic mass is 10.1. The van der Waals surface area contributed by atoms with Gasteiger partial charge in [-0.3, -0.25) is 9.69 Å². The fraction of sp³-hybridized carbons (Fsp3) is 0.185. The molecule has 3 aromatic carbocycles. The Morgan fingerprint density at radius 3 is 2.41 bits per heavy atom. The molecule has 1 fully saturated rings. The number of anilines is 1. The number of ether oxygens (including phenoxy) is 1. The van der Waals surface area contributed by atoms with Crippen LogP contribution in [-0.4, -0.2) is 23.3 Å². The van der Waals surface area contributed by atoms with Gasteiger partial charge in [0.25, 0.3) is 5.91 Å². The van der Waals surface area contributed by atoms with Crippen molar-refractivity contribution in [1.29, 1.82) is 0 Å². The smallest absolute Gasteiger partial charge is 0.271 e. The van der Waals surface area contributed by atoms with Crippen LogP contribution in [0.1, 0.15) is 27.8 Å². The summed E-state index contributed by atoms with van der Waals surface area (Å²) in [6, 6.07) is 15.1. The summed E-state index contributed by atoms with van der Waals surface area (Å²) in [5.41, 5.74) is 6.57. The van der Waals surface area contributed by atoms with E-state index in [1.807, 2.05) is 64.1 Å². The lowest BCUT2D eigenvalue weighted by molar-refractivity contribution is -0.113. The summed E-state index contributed by atoms with van der Waals surface area (Å²) < 4.78 is 5.21. The molecule has 1 aliphatic rings. The first-order chi connectivity index (χ1) is 16.2. The number of benzene rings is 3. The van der Waals surface area contributed by atoms with Crippen LogP contribution in [0.2, 0.25) is 5.02 Å². The highest BCUT2D eigenvalue weighted by Crippen LogP contribution is 2.41. The van der Waals surface area contributed by atoms with Crippen molar-refractivity contribution in [3.63, 3.8) is 0 Å². The molecule has 0 aliphatic carbocycles. The minimum atomic E-state index is -0.175. The van der Waals surface area contributed by atoms with E-state index < -0.39 is 0 Å². The number of rotatable bonds is 4. The van der Waals surface area contributed by atoms with Gasteiger partial charge in [0.05, 0.1) is 28.4 Å². The first-order valence-electron chi connectivity index (χ1n) is 10.7. The van der Waals surface area contributed by atoms with E-state index >= 15 is 0 Å². The molecule has 0 radical (unpaired) electrons. The molecule has 0 atom stereocenters. The van der Waals surface area contributed by atoms with Crippen molar-refractivity contribution in [2.24, 2.45) is 4.99 Å². The van der Waals surface area contributed by atoms with Crippen LogP contribution in [0.5, 0.6) is 11.5 Å². The largest absolute Gasteiger partial charge is 0.503 e. The average molecular weight is 493 g/mol. The molecule has 3 aromatic rings. The summed E-state index contributed by atoms with van der Waals surface area (Å²) in [5.74, 6) is -0.0673. The van der Waals surface area contributed by atoms with Crippen molar-refractivity contribution in [2.75, 3.05) is 12.0 Å². The van der Waals surface area contributed by atoms with E-state index in [0.29, 0.717) is 15.6 Å². The number of aliphatic imine (C=N–C) groups is 1. The topological polar surface area (TPSA) is 62.1 Å². The maximum Gasteiger partial charge on any atom is 0.271 e. The summed E-state index contributed by atoms with van der Waals surface area (Å²) in [7, 11) is 1.45. The number of amides is 1. The summed E-state index contributed by atoms with van der Waals surface area (Å²) >= 11 is 7.47. The minimum absolute atomic E-state index is 0.133. The standard InChI is InChI=1S/C27H25ClN2O3S/c1-15-8-6-10-21(17(15)3)29-27-30(22-11-7-9-16(2)18(22)4)26(32)24(34-27)14-19-12-20(28)25(31)23(13-19)33-5/h6-14,31H,1-5H3/b24-14-,29-27?. The van der Waals surface area contributed by atoms with Crippen molar-refractivity contribution in [2.45, 2.75) is 27.7 Å². The number of carbonyl (C=O) groups is 1. The monoisotopic (exact) mass is 492 g/mol. The Balaban J connectivity index is 1.86. The van der Waals surface area contributed by atoms with Crippen molar-refractivity contribution < 1.29 is 14.6 Å². The second-order valence-corrected chi connectivity index (χ2v) is 9.55. The molecule has 0 spiro atoms. The van der Waals surface area contributed by atoms with Crippen LogP contribution in [-0.2, 0) is 4.79 Å². The van der Waals surface area contributed by atoms with E-state index in [1.54, 1.807) is 23.1 Å². The highest BCUT2D eigenvalue weighted by atomic mass is 35.5. The van der Waals surface area contributed by atoms with Crippen molar-refractivity contribution in [3.8, 4) is 11.5 Å². The number of phenols is 1. The van der Waals surface area contributed by atoms with Crippen LogP contribution >= 0.6 is 23.4 Å². The Morgan fingerprint density at radius 2 is 1.71 bits per heavy atom. The maximum absolute atomic E-state index is 13.7. The number of halogens is 1. The van der Waals surface area contributed by atoms with Crippen LogP contribution in [0.15, 0.2) is 58.4 Å². The third kappa shape index (κ3) is 4.43. The molecule has 0 bridgehead atoms. The third-order valence-corrected chi connectivity index (χ3v) is 7.24. The molecule has 1 saturated heterocycles. The van der Waals surface area contributed by atoms with Gasteiger partial charge in [0.2, 0.25) is 0 Å². The second-order valence-electron chi connectivity index (χ2n) is 8.14. The van der Waals surface area contributed by atoms with Crippen LogP contribution in [0.25, 0.3) is 6.08 Å². The molecule has 174 valence electrons. The fourth-order valence-corrected chi connectivity index (χ4v) is 4.89. The second kappa shape index (κ2) is 9.57. The predicted octanol–water partition coefficient (Wildman–Crippen LogP) is 7.10. The molecule has 0 saturated carbocycles. The summed E-state index contributed by atoms with van der Waals surface area (Å²) in [4.78, 5) is 20.7. The third-order valence-electron chi connectivity index (χ3n) is 5.98. The van der Waals surface area contributed by atoms with Gasteiger partial charge in [-0.15, -0.1) is 0 Å². The highest BCUT2D eigenvalue weighted by molar-refractivity contribution is 8.19. The van der Waals surface area contributed by atoms with Gasteiger partial charge >= 0.3 is 0 Å². The molecule has 1 heterocycles. The quantitative estimate of drug-likeness (QED) is 0.394. The number of hydrogen-bond donors (Lipinski definition) is 1. The number of methoxy groups -OCH3 is 1. The minimum Gasteiger partial charge on any atom is -0.503 e. The molecule has 1 N–H and O–H groups in total. The van der Waals surface area contributed by atoms with Gasteiger partial charge in [0.15, 0.2) is 16.7 Å². The Bertz CT molecular complexity index is 1360. The predicted molar refractivity (Wildman–Crippen MR) is 142 cm³/mol. The van der Waals surface area contributed by atoms with Crippen molar-refractivity contribution in [1.82, 2.24) is 0 Å². The van der Waals surface area contributed by atoms with Crippen molar-refractivity contribution >= 4 is 51.9 Å². The molecule has 0 unspecified atom stereocenters. The van der Waals surface area contributed by atoms with E-state index in [-0.39, 0.29) is 22.4 Å². The lowest BCUT2D eigenvalue weighted by Crippen LogP contribution is -2.29. The first kappa shape index (κ1) is 23.9. The molecular formula is C27H25ClN2O3S. The Kier molecular flexibility index (Phi) is 6.73. The number of phenolic OH excluding ortho intramolecular Hbond substituents is 1. The normalized spacial score (nSPS) is 16.1. The van der Waals surface area contributed by atoms with Crippen LogP contribution in [0, 0.1) is 27.7 Å². The van der Waals surface area contributed by atoms with E-state index in [9.17, 15) is 9.90 Å². The van der Waals surface area contributed by atoms with Crippen molar-refractivity contribution in [3.05, 3.63) is 86.3 Å². The molecule has 34 heavy (non-hydrogen) atoms. The zero-order valence-corrected chi connectivity index (χ0v) is 21.2. The maximum atomic E-state index is 13.7. The van der Waals surface area contributed by atoms with E-state index in [1.165, 1.54) is 18.9 Å². The molecule has 5 nitrogen and oxygen atoms in total. The van der Waals surface area contributed by atoms with Gasteiger partial charge in [0.1, 0.15) is 0 Å². The number of carbonyl (C=O) groups excluding carboxylic acids is 1. The van der Waals surface area contributed by atoms with E-state index in [0.717, 1.165) is 33.6 Å². The zero-order valence-electron chi connectivity index (χ0n) is 19.6. The average Bonchev–Trinajstić information content (AvgIpc) is 3.10. The lowest BCUT2D eigenvalue weighted by Gasteiger charge is -2.19. The molecule has 4 rings (SSSR count). The van der Waals surface area contributed by atoms with Gasteiger partial charge in [-0.2, -0.15) is 0 Å². The molecule has 1 aliphatic heterocycles. The number of aromatic hydroxyl groups is 1. The molecule has 0 aromatic heterocycles. The van der Waals surface area contributed by atoms with Crippen LogP contribution < -0.4 is 9.64 Å². The van der Waals surface area contributed by atoms with E-state index in [4.69, 9.17) is 21.3 Å². The SMILES string of the molecule is COc1cc(/C=C2\SC(=Nc3cccc(C)c3C)N(c3cccc(C)c3C)C2=O)cc(Cl)c1O. The fourth-order valence-electron chi connectivity index (χ4n) is 3.68. The molecule has 7 heteroatoms. The number of hydrogen-bond acceptors (Lipinski definition) is 5. The number of aryl methyl sites for hydroxylation is 2. The Labute approximate surface area is 208 Å². The van der Waals surface area contributed by atoms with Crippen LogP contribution in [0.3, 0.4) is 0 Å². The molecular weight excluding hydrogens is 468 g/mol. The number of nitrogens with zero attached hydrogens (tertiary/aromatic N) is 2. The van der Waals surface area contributed by atoms with Gasteiger partial charge in [-0.1, -0.05) is 35.9 Å². The summed E-state index contributed by atoms with van der Waals surface area (Å²) in [6.45, 7) is 8.10. The first-order valence-corrected chi connectivity index (χ1v) is 11.9. The zero-order chi connectivity index (χ0) is 24.6. The van der Waals surface area contributed by atoms with Gasteiger partial charge in [-0.25, -0.2) is 4.99 Å². The van der Waals surface area contributed by atoms with Crippen LogP contribution in [0.4, 0.5) is 11.4 Å². The summed E-state index contributed by atoms with van der Waals surface area (Å²) in [6.07, 6.45) is 1.74. The van der Waals surface area contributed by atoms with Gasteiger partial charge in [0, 0.05) is 0 Å². The van der Waals surface area contributed by atoms with E-state index in [2.05, 4.69) is 0 Å². The number of amidine groups is 1. The highest BCUT2D eigenvalue weighted by Gasteiger charge is 2.36. The Morgan fingerprint density at radius 1 is 1.03 bits per heavy atom.